The summed E-state index contributed by atoms with van der Waals surface area (Å²) in [7, 11) is 2.00. The summed E-state index contributed by atoms with van der Waals surface area (Å²) in [6.07, 6.45) is 4.10. The highest BCUT2D eigenvalue weighted by atomic mass is 16.1. The average molecular weight is 257 g/mol. The van der Waals surface area contributed by atoms with Crippen molar-refractivity contribution >= 4 is 17.3 Å². The number of carbonyl (C=O) groups excluding carboxylic acids is 1. The molecule has 0 radical (unpaired) electrons. The molecule has 0 atom stereocenters. The van der Waals surface area contributed by atoms with Crippen LogP contribution in [0, 0.1) is 6.92 Å². The number of hydrogen-bond donors (Lipinski definition) is 2. The van der Waals surface area contributed by atoms with Crippen LogP contribution in [0.15, 0.2) is 36.7 Å². The normalized spacial score (nSPS) is 10.3. The molecule has 2 N–H and O–H groups in total. The predicted molar refractivity (Wildman–Crippen MR) is 78.2 cm³/mol. The summed E-state index contributed by atoms with van der Waals surface area (Å²) in [6.45, 7) is 4.26. The second-order valence-corrected chi connectivity index (χ2v) is 4.75. The number of hydrogen-bond acceptors (Lipinski definition) is 2. The van der Waals surface area contributed by atoms with Gasteiger partial charge in [-0.05, 0) is 36.2 Å². The molecule has 0 spiro atoms. The molecule has 0 aliphatic carbocycles. The molecule has 19 heavy (non-hydrogen) atoms. The zero-order valence-electron chi connectivity index (χ0n) is 11.5. The molecule has 100 valence electrons. The predicted octanol–water partition coefficient (Wildman–Crippen LogP) is 2.90. The van der Waals surface area contributed by atoms with E-state index in [1.54, 1.807) is 0 Å². The van der Waals surface area contributed by atoms with E-state index in [0.29, 0.717) is 0 Å². The van der Waals surface area contributed by atoms with Crippen LogP contribution >= 0.6 is 0 Å². The second-order valence-electron chi connectivity index (χ2n) is 4.75. The van der Waals surface area contributed by atoms with Crippen LogP contribution in [0.4, 0.5) is 11.4 Å². The Kier molecular flexibility index (Phi) is 3.90. The van der Waals surface area contributed by atoms with E-state index in [-0.39, 0.29) is 5.91 Å². The van der Waals surface area contributed by atoms with E-state index in [2.05, 4.69) is 22.9 Å². The topological polar surface area (TPSA) is 46.1 Å². The number of nitrogens with zero attached hydrogens (tertiary/aromatic N) is 1. The lowest BCUT2D eigenvalue weighted by Crippen LogP contribution is -2.08. The first-order valence-corrected chi connectivity index (χ1v) is 6.27. The minimum Gasteiger partial charge on any atom is -0.381 e. The van der Waals surface area contributed by atoms with Crippen LogP contribution in [0.5, 0.6) is 0 Å². The molecule has 1 aromatic carbocycles. The van der Waals surface area contributed by atoms with Crippen LogP contribution in [0.25, 0.3) is 0 Å². The third-order valence-corrected chi connectivity index (χ3v) is 2.94. The van der Waals surface area contributed by atoms with E-state index in [9.17, 15) is 4.79 Å². The van der Waals surface area contributed by atoms with Crippen LogP contribution in [0.3, 0.4) is 0 Å². The highest BCUT2D eigenvalue weighted by molar-refractivity contribution is 5.90. The summed E-state index contributed by atoms with van der Waals surface area (Å²) in [5, 5.41) is 6.18. The Balaban J connectivity index is 2.06. The molecule has 4 nitrogen and oxygen atoms in total. The van der Waals surface area contributed by atoms with Gasteiger partial charge in [-0.15, -0.1) is 0 Å². The molecule has 2 rings (SSSR count). The van der Waals surface area contributed by atoms with Crippen molar-refractivity contribution in [1.29, 1.82) is 0 Å². The monoisotopic (exact) mass is 257 g/mol. The number of amides is 1. The van der Waals surface area contributed by atoms with Crippen molar-refractivity contribution in [3.05, 3.63) is 47.8 Å². The minimum absolute atomic E-state index is 0.0525. The lowest BCUT2D eigenvalue weighted by Gasteiger charge is -2.10. The van der Waals surface area contributed by atoms with Crippen molar-refractivity contribution in [3.8, 4) is 0 Å². The Morgan fingerprint density at radius 2 is 2.11 bits per heavy atom. The zero-order chi connectivity index (χ0) is 13.8. The van der Waals surface area contributed by atoms with Gasteiger partial charge in [-0.3, -0.25) is 4.79 Å². The van der Waals surface area contributed by atoms with E-state index < -0.39 is 0 Å². The summed E-state index contributed by atoms with van der Waals surface area (Å²) >= 11 is 0. The summed E-state index contributed by atoms with van der Waals surface area (Å²) in [5.74, 6) is -0.0525. The number of nitrogens with one attached hydrogen (secondary N) is 2. The Morgan fingerprint density at radius 1 is 1.32 bits per heavy atom. The van der Waals surface area contributed by atoms with Gasteiger partial charge >= 0.3 is 0 Å². The number of anilines is 2. The molecular formula is C15H19N3O. The van der Waals surface area contributed by atoms with Crippen LogP contribution in [-0.4, -0.2) is 10.5 Å². The number of benzene rings is 1. The van der Waals surface area contributed by atoms with Crippen molar-refractivity contribution in [2.24, 2.45) is 7.05 Å². The first-order chi connectivity index (χ1) is 9.04. The Morgan fingerprint density at radius 3 is 2.74 bits per heavy atom. The van der Waals surface area contributed by atoms with Gasteiger partial charge in [0.25, 0.3) is 0 Å². The molecule has 0 saturated heterocycles. The first kappa shape index (κ1) is 13.2. The molecular weight excluding hydrogens is 238 g/mol. The molecule has 1 aromatic heterocycles. The number of rotatable bonds is 4. The molecule has 1 heterocycles. The Labute approximate surface area is 113 Å². The standard InChI is InChI=1S/C15H19N3O/c1-11-4-5-14(8-15(11)17-12(2)19)16-9-13-6-7-18(3)10-13/h4-8,10,16H,9H2,1-3H3,(H,17,19). The van der Waals surface area contributed by atoms with Gasteiger partial charge in [-0.25, -0.2) is 0 Å². The lowest BCUT2D eigenvalue weighted by molar-refractivity contribution is -0.114. The van der Waals surface area contributed by atoms with Crippen molar-refractivity contribution in [1.82, 2.24) is 4.57 Å². The van der Waals surface area contributed by atoms with Gasteiger partial charge in [0.2, 0.25) is 5.91 Å². The van der Waals surface area contributed by atoms with Crippen LogP contribution in [0.1, 0.15) is 18.1 Å². The molecule has 0 aliphatic heterocycles. The molecule has 0 aliphatic rings. The van der Waals surface area contributed by atoms with E-state index in [1.165, 1.54) is 12.5 Å². The molecule has 0 saturated carbocycles. The van der Waals surface area contributed by atoms with E-state index in [4.69, 9.17) is 0 Å². The fourth-order valence-corrected chi connectivity index (χ4v) is 1.93. The Hall–Kier alpha value is -2.23. The summed E-state index contributed by atoms with van der Waals surface area (Å²) < 4.78 is 2.02. The smallest absolute Gasteiger partial charge is 0.221 e. The maximum atomic E-state index is 11.1. The largest absolute Gasteiger partial charge is 0.381 e. The highest BCUT2D eigenvalue weighted by Crippen LogP contribution is 2.20. The van der Waals surface area contributed by atoms with Gasteiger partial charge in [0.1, 0.15) is 0 Å². The Bertz CT molecular complexity index is 587. The van der Waals surface area contributed by atoms with Gasteiger partial charge in [0.05, 0.1) is 0 Å². The highest BCUT2D eigenvalue weighted by Gasteiger charge is 2.02. The van der Waals surface area contributed by atoms with Crippen molar-refractivity contribution in [3.63, 3.8) is 0 Å². The van der Waals surface area contributed by atoms with E-state index in [0.717, 1.165) is 23.5 Å². The molecule has 0 fully saturated rings. The minimum atomic E-state index is -0.0525. The van der Waals surface area contributed by atoms with Gasteiger partial charge in [-0.2, -0.15) is 0 Å². The fraction of sp³-hybridized carbons (Fsp3) is 0.267. The molecule has 2 aromatic rings. The molecule has 0 bridgehead atoms. The van der Waals surface area contributed by atoms with Gasteiger partial charge in [0.15, 0.2) is 0 Å². The molecule has 1 amide bonds. The number of carbonyl (C=O) groups is 1. The van der Waals surface area contributed by atoms with E-state index >= 15 is 0 Å². The summed E-state index contributed by atoms with van der Waals surface area (Å²) in [6, 6.07) is 8.05. The maximum Gasteiger partial charge on any atom is 0.221 e. The summed E-state index contributed by atoms with van der Waals surface area (Å²) in [4.78, 5) is 11.1. The van der Waals surface area contributed by atoms with Gasteiger partial charge in [-0.1, -0.05) is 6.07 Å². The molecule has 4 heteroatoms. The third-order valence-electron chi connectivity index (χ3n) is 2.94. The maximum absolute atomic E-state index is 11.1. The van der Waals surface area contributed by atoms with E-state index in [1.807, 2.05) is 42.9 Å². The number of aromatic nitrogens is 1. The number of aryl methyl sites for hydroxylation is 2. The van der Waals surface area contributed by atoms with Gasteiger partial charge < -0.3 is 15.2 Å². The summed E-state index contributed by atoms with van der Waals surface area (Å²) in [5.41, 5.74) is 4.13. The third kappa shape index (κ3) is 3.61. The fourth-order valence-electron chi connectivity index (χ4n) is 1.93. The molecule has 0 unspecified atom stereocenters. The van der Waals surface area contributed by atoms with Crippen LogP contribution in [0.2, 0.25) is 0 Å². The zero-order valence-corrected chi connectivity index (χ0v) is 11.5. The van der Waals surface area contributed by atoms with Crippen LogP contribution in [-0.2, 0) is 18.4 Å². The van der Waals surface area contributed by atoms with Crippen molar-refractivity contribution < 1.29 is 4.79 Å². The lowest BCUT2D eigenvalue weighted by atomic mass is 10.1. The average Bonchev–Trinajstić information content (AvgIpc) is 2.75. The van der Waals surface area contributed by atoms with Crippen molar-refractivity contribution in [2.45, 2.75) is 20.4 Å². The van der Waals surface area contributed by atoms with Crippen LogP contribution < -0.4 is 10.6 Å². The quantitative estimate of drug-likeness (QED) is 0.884. The first-order valence-electron chi connectivity index (χ1n) is 6.27. The van der Waals surface area contributed by atoms with Gasteiger partial charge in [0, 0.05) is 44.3 Å². The SMILES string of the molecule is CC(=O)Nc1cc(NCc2ccn(C)c2)ccc1C. The van der Waals surface area contributed by atoms with Crippen molar-refractivity contribution in [2.75, 3.05) is 10.6 Å². The second kappa shape index (κ2) is 5.61.